The van der Waals surface area contributed by atoms with Crippen LogP contribution in [-0.4, -0.2) is 56.3 Å². The molecule has 0 aliphatic heterocycles. The Kier molecular flexibility index (Phi) is 8.91. The third-order valence-corrected chi connectivity index (χ3v) is 8.50. The molecule has 0 radical (unpaired) electrons. The van der Waals surface area contributed by atoms with E-state index in [-0.39, 0.29) is 36.4 Å². The van der Waals surface area contributed by atoms with Gasteiger partial charge in [-0.25, -0.2) is 9.67 Å². The van der Waals surface area contributed by atoms with E-state index in [1.165, 1.54) is 18.3 Å². The van der Waals surface area contributed by atoms with Crippen LogP contribution in [0.1, 0.15) is 56.4 Å². The first kappa shape index (κ1) is 29.3. The molecule has 0 saturated carbocycles. The lowest BCUT2D eigenvalue weighted by Gasteiger charge is -2.20. The zero-order valence-corrected chi connectivity index (χ0v) is 25.3. The molecule has 3 aromatic heterocycles. The van der Waals surface area contributed by atoms with E-state index in [9.17, 15) is 14.4 Å². The number of anilines is 1. The van der Waals surface area contributed by atoms with Crippen LogP contribution in [-0.2, 0) is 33.6 Å². The number of benzene rings is 1. The molecule has 0 saturated heterocycles. The molecule has 2 amide bonds. The number of unbranched alkanes of at least 4 members (excludes halogenated alkanes) is 1. The van der Waals surface area contributed by atoms with Crippen molar-refractivity contribution in [1.29, 1.82) is 0 Å². The summed E-state index contributed by atoms with van der Waals surface area (Å²) in [6.45, 7) is 3.57. The van der Waals surface area contributed by atoms with Gasteiger partial charge in [0.15, 0.2) is 5.13 Å². The summed E-state index contributed by atoms with van der Waals surface area (Å²) in [5, 5.41) is 8.46. The topological polar surface area (TPSA) is 110 Å². The molecule has 1 aromatic carbocycles. The lowest BCUT2D eigenvalue weighted by atomic mass is 9.92. The van der Waals surface area contributed by atoms with Gasteiger partial charge in [0.1, 0.15) is 5.78 Å². The Hall–Kier alpha value is -4.18. The minimum atomic E-state index is -0.274. The maximum atomic E-state index is 13.0. The maximum absolute atomic E-state index is 13.0. The molecule has 0 bridgehead atoms. The summed E-state index contributed by atoms with van der Waals surface area (Å²) in [7, 11) is 3.49. The van der Waals surface area contributed by atoms with Gasteiger partial charge in [0, 0.05) is 63.3 Å². The molecular formula is C32H36N6O3S. The van der Waals surface area contributed by atoms with Crippen LogP contribution in [0.4, 0.5) is 5.13 Å². The molecule has 1 N–H and O–H groups in total. The van der Waals surface area contributed by atoms with E-state index in [1.54, 1.807) is 25.2 Å². The number of carbonyl (C=O) groups is 3. The zero-order valence-electron chi connectivity index (χ0n) is 24.5. The van der Waals surface area contributed by atoms with Gasteiger partial charge in [0.25, 0.3) is 0 Å². The molecule has 3 heterocycles. The Morgan fingerprint density at radius 3 is 2.57 bits per heavy atom. The van der Waals surface area contributed by atoms with Gasteiger partial charge in [-0.05, 0) is 49.1 Å². The highest BCUT2D eigenvalue weighted by Crippen LogP contribution is 2.44. The smallest absolute Gasteiger partial charge is 0.225 e. The number of rotatable bonds is 11. The molecule has 4 aromatic rings. The van der Waals surface area contributed by atoms with Crippen LogP contribution in [0.2, 0.25) is 0 Å². The number of amides is 2. The van der Waals surface area contributed by atoms with Crippen molar-refractivity contribution in [1.82, 2.24) is 24.6 Å². The summed E-state index contributed by atoms with van der Waals surface area (Å²) >= 11 is 1.46. The highest BCUT2D eigenvalue weighted by Gasteiger charge is 2.30. The zero-order chi connectivity index (χ0) is 29.8. The summed E-state index contributed by atoms with van der Waals surface area (Å²) < 4.78 is 1.94. The molecule has 42 heavy (non-hydrogen) atoms. The van der Waals surface area contributed by atoms with Crippen LogP contribution in [0, 0.1) is 5.92 Å². The molecule has 0 fully saturated rings. The van der Waals surface area contributed by atoms with Gasteiger partial charge < -0.3 is 10.2 Å². The van der Waals surface area contributed by atoms with Crippen LogP contribution in [0.25, 0.3) is 27.5 Å². The number of thiazole rings is 1. The molecule has 5 rings (SSSR count). The van der Waals surface area contributed by atoms with Gasteiger partial charge >= 0.3 is 0 Å². The van der Waals surface area contributed by atoms with Gasteiger partial charge in [-0.2, -0.15) is 5.10 Å². The Morgan fingerprint density at radius 1 is 1.12 bits per heavy atom. The lowest BCUT2D eigenvalue weighted by Crippen LogP contribution is -2.31. The molecule has 10 heteroatoms. The van der Waals surface area contributed by atoms with Gasteiger partial charge in [0.2, 0.25) is 11.8 Å². The molecule has 218 valence electrons. The van der Waals surface area contributed by atoms with Crippen molar-refractivity contribution >= 4 is 34.1 Å². The number of aromatic nitrogens is 4. The van der Waals surface area contributed by atoms with E-state index < -0.39 is 0 Å². The minimum Gasteiger partial charge on any atom is -0.349 e. The summed E-state index contributed by atoms with van der Waals surface area (Å²) in [5.41, 5.74) is 6.61. The lowest BCUT2D eigenvalue weighted by molar-refractivity contribution is -0.136. The number of carbonyl (C=O) groups excluding carboxylic acids is 3. The average Bonchev–Trinajstić information content (AvgIpc) is 3.56. The largest absolute Gasteiger partial charge is 0.349 e. The number of fused-ring (bicyclic) bond motifs is 3. The standard InChI is InChI=1S/C32H36N6O3S/c1-5-6-8-22(31(41)37(3)4)18-25(40)17-21-10-12-24(13-11-21)38-29-26(28(36-38)23-9-7-16-33-19-23)14-15-27-30(29)42-32(35-27)34-20(2)39/h7,9-13,16,19,22H,5-6,8,14-15,17-18H2,1-4H3,(H,34,35,39). The molecule has 1 aliphatic rings. The van der Waals surface area contributed by atoms with Crippen molar-refractivity contribution in [2.45, 2.75) is 58.8 Å². The number of Topliss-reactive ketones (excluding diaryl/α,β-unsaturated/α-hetero) is 1. The first-order valence-electron chi connectivity index (χ1n) is 14.4. The van der Waals surface area contributed by atoms with Crippen molar-refractivity contribution in [2.75, 3.05) is 19.4 Å². The van der Waals surface area contributed by atoms with Gasteiger partial charge in [0.05, 0.1) is 27.6 Å². The SMILES string of the molecule is CCCCC(CC(=O)Cc1ccc(-n2nc(-c3cccnc3)c3c2-c2sc(NC(C)=O)nc2CC3)cc1)C(=O)N(C)C. The Morgan fingerprint density at radius 2 is 1.90 bits per heavy atom. The number of hydrogen-bond acceptors (Lipinski definition) is 7. The number of hydrogen-bond donors (Lipinski definition) is 1. The summed E-state index contributed by atoms with van der Waals surface area (Å²) in [6.07, 6.45) is 8.27. The van der Waals surface area contributed by atoms with Crippen molar-refractivity contribution in [3.8, 4) is 27.5 Å². The summed E-state index contributed by atoms with van der Waals surface area (Å²) in [6, 6.07) is 11.8. The van der Waals surface area contributed by atoms with E-state index >= 15 is 0 Å². The maximum Gasteiger partial charge on any atom is 0.225 e. The number of nitrogens with zero attached hydrogens (tertiary/aromatic N) is 5. The minimum absolute atomic E-state index is 0.0177. The third kappa shape index (κ3) is 6.33. The Bertz CT molecular complexity index is 1590. The van der Waals surface area contributed by atoms with Gasteiger partial charge in [-0.15, -0.1) is 0 Å². The molecule has 1 aliphatic carbocycles. The fourth-order valence-electron chi connectivity index (χ4n) is 5.45. The molecule has 9 nitrogen and oxygen atoms in total. The van der Waals surface area contributed by atoms with Crippen LogP contribution in [0.3, 0.4) is 0 Å². The Labute approximate surface area is 250 Å². The van der Waals surface area contributed by atoms with Crippen molar-refractivity contribution in [2.24, 2.45) is 5.92 Å². The molecular weight excluding hydrogens is 548 g/mol. The van der Waals surface area contributed by atoms with E-state index in [0.29, 0.717) is 5.13 Å². The van der Waals surface area contributed by atoms with Gasteiger partial charge in [-0.1, -0.05) is 43.2 Å². The monoisotopic (exact) mass is 584 g/mol. The first-order valence-corrected chi connectivity index (χ1v) is 15.2. The predicted octanol–water partition coefficient (Wildman–Crippen LogP) is 5.51. The fraction of sp³-hybridized carbons (Fsp3) is 0.375. The van der Waals surface area contributed by atoms with E-state index in [4.69, 9.17) is 5.10 Å². The quantitative estimate of drug-likeness (QED) is 0.249. The summed E-state index contributed by atoms with van der Waals surface area (Å²) in [4.78, 5) is 48.9. The number of pyridine rings is 1. The van der Waals surface area contributed by atoms with Crippen LogP contribution in [0.15, 0.2) is 48.8 Å². The normalized spacial score (nSPS) is 12.8. The van der Waals surface area contributed by atoms with Crippen molar-refractivity contribution < 1.29 is 14.4 Å². The van der Waals surface area contributed by atoms with Crippen molar-refractivity contribution in [3.05, 3.63) is 65.6 Å². The number of ketones is 1. The first-order chi connectivity index (χ1) is 20.2. The second kappa shape index (κ2) is 12.8. The second-order valence-corrected chi connectivity index (χ2v) is 12.0. The van der Waals surface area contributed by atoms with E-state index in [1.807, 2.05) is 47.3 Å². The van der Waals surface area contributed by atoms with Crippen molar-refractivity contribution in [3.63, 3.8) is 0 Å². The Balaban J connectivity index is 1.44. The van der Waals surface area contributed by atoms with Crippen LogP contribution in [0.5, 0.6) is 0 Å². The molecule has 0 spiro atoms. The third-order valence-electron chi connectivity index (χ3n) is 7.48. The number of nitrogens with one attached hydrogen (secondary N) is 1. The van der Waals surface area contributed by atoms with E-state index in [0.717, 1.165) is 76.4 Å². The predicted molar refractivity (Wildman–Crippen MR) is 165 cm³/mol. The fourth-order valence-corrected chi connectivity index (χ4v) is 6.57. The van der Waals surface area contributed by atoms with Crippen LogP contribution >= 0.6 is 11.3 Å². The highest BCUT2D eigenvalue weighted by molar-refractivity contribution is 7.19. The van der Waals surface area contributed by atoms with Gasteiger partial charge in [-0.3, -0.25) is 19.4 Å². The highest BCUT2D eigenvalue weighted by atomic mass is 32.1. The van der Waals surface area contributed by atoms with Crippen LogP contribution < -0.4 is 5.32 Å². The molecule has 1 unspecified atom stereocenters. The second-order valence-electron chi connectivity index (χ2n) is 11.0. The van der Waals surface area contributed by atoms with E-state index in [2.05, 4.69) is 22.2 Å². The summed E-state index contributed by atoms with van der Waals surface area (Å²) in [5.74, 6) is -0.346. The average molecular weight is 585 g/mol. The number of aryl methyl sites for hydroxylation is 1. The molecule has 1 atom stereocenters.